The number of rotatable bonds is 4. The summed E-state index contributed by atoms with van der Waals surface area (Å²) in [6, 6.07) is 16.4. The van der Waals surface area contributed by atoms with Crippen LogP contribution < -0.4 is 5.73 Å². The number of carbonyl (C=O) groups excluding carboxylic acids is 1. The minimum atomic E-state index is -0.553. The Kier molecular flexibility index (Phi) is 3.71. The van der Waals surface area contributed by atoms with Crippen molar-refractivity contribution in [1.29, 1.82) is 0 Å². The average Bonchev–Trinajstić information content (AvgIpc) is 3.00. The lowest BCUT2D eigenvalue weighted by Crippen LogP contribution is -2.16. The molecule has 0 aliphatic heterocycles. The molecule has 0 atom stereocenters. The first-order chi connectivity index (χ1) is 12.2. The second kappa shape index (κ2) is 6.03. The summed E-state index contributed by atoms with van der Waals surface area (Å²) in [7, 11) is 1.59. The van der Waals surface area contributed by atoms with Gasteiger partial charge in [-0.3, -0.25) is 4.79 Å². The molecule has 0 bridgehead atoms. The number of H-pyrrole nitrogens is 1. The lowest BCUT2D eigenvalue weighted by molar-refractivity contribution is 0.0990. The van der Waals surface area contributed by atoms with Gasteiger partial charge in [-0.15, -0.1) is 0 Å². The van der Waals surface area contributed by atoms with E-state index in [4.69, 9.17) is 10.5 Å². The molecule has 0 aliphatic rings. The second-order valence-electron chi connectivity index (χ2n) is 5.92. The molecule has 25 heavy (non-hydrogen) atoms. The lowest BCUT2D eigenvalue weighted by Gasteiger charge is -2.08. The van der Waals surface area contributed by atoms with Crippen LogP contribution in [-0.2, 0) is 11.3 Å². The molecule has 0 fully saturated rings. The Labute approximate surface area is 144 Å². The number of fused-ring (bicyclic) bond motifs is 3. The summed E-state index contributed by atoms with van der Waals surface area (Å²) in [5.74, 6) is -0.553. The van der Waals surface area contributed by atoms with Crippen molar-refractivity contribution in [2.75, 3.05) is 7.11 Å². The number of pyridine rings is 1. The van der Waals surface area contributed by atoms with E-state index in [9.17, 15) is 4.79 Å². The maximum atomic E-state index is 11.8. The van der Waals surface area contributed by atoms with Crippen molar-refractivity contribution in [3.8, 4) is 11.1 Å². The average molecular weight is 331 g/mol. The molecule has 4 rings (SSSR count). The van der Waals surface area contributed by atoms with E-state index in [0.29, 0.717) is 5.56 Å². The molecule has 2 aromatic heterocycles. The van der Waals surface area contributed by atoms with Crippen LogP contribution in [0.5, 0.6) is 0 Å². The van der Waals surface area contributed by atoms with E-state index in [0.717, 1.165) is 32.9 Å². The molecule has 0 saturated carbocycles. The summed E-state index contributed by atoms with van der Waals surface area (Å²) >= 11 is 0. The topological polar surface area (TPSA) is 81.0 Å². The number of hydrogen-bond acceptors (Lipinski definition) is 3. The molecule has 5 nitrogen and oxygen atoms in total. The van der Waals surface area contributed by atoms with Gasteiger partial charge in [0.2, 0.25) is 0 Å². The zero-order valence-corrected chi connectivity index (χ0v) is 13.7. The van der Waals surface area contributed by atoms with Gasteiger partial charge in [0.05, 0.1) is 18.3 Å². The van der Waals surface area contributed by atoms with Crippen molar-refractivity contribution in [3.63, 3.8) is 0 Å². The zero-order chi connectivity index (χ0) is 17.4. The number of nitrogens with one attached hydrogen (secondary N) is 1. The Morgan fingerprint density at radius 1 is 1.12 bits per heavy atom. The predicted molar refractivity (Wildman–Crippen MR) is 98.3 cm³/mol. The van der Waals surface area contributed by atoms with E-state index in [-0.39, 0.29) is 12.3 Å². The van der Waals surface area contributed by atoms with Gasteiger partial charge in [0, 0.05) is 29.0 Å². The molecule has 1 amide bonds. The Hall–Kier alpha value is -3.18. The second-order valence-corrected chi connectivity index (χ2v) is 5.92. The van der Waals surface area contributed by atoms with Crippen molar-refractivity contribution in [2.24, 2.45) is 5.73 Å². The molecule has 3 N–H and O–H groups in total. The van der Waals surface area contributed by atoms with E-state index in [1.54, 1.807) is 13.3 Å². The highest BCUT2D eigenvalue weighted by molar-refractivity contribution is 6.12. The van der Waals surface area contributed by atoms with Crippen LogP contribution in [-0.4, -0.2) is 23.0 Å². The summed E-state index contributed by atoms with van der Waals surface area (Å²) in [5.41, 5.74) is 10.5. The number of nitrogens with zero attached hydrogens (tertiary/aromatic N) is 1. The summed E-state index contributed by atoms with van der Waals surface area (Å²) in [6.07, 6.45) is 1.65. The number of benzene rings is 2. The number of nitrogens with two attached hydrogens (primary N) is 1. The standard InChI is InChI=1S/C20H17N3O2/c1-25-11-15-18-14-9-13(12-5-3-2-4-6-12)7-8-16(14)23-17(18)10-22-19(15)20(21)24/h2-10,23H,11H2,1H3,(H2,21,24). The van der Waals surface area contributed by atoms with E-state index < -0.39 is 5.91 Å². The SMILES string of the molecule is COCc1c(C(N)=O)ncc2[nH]c3ccc(-c4ccccc4)cc3c12. The summed E-state index contributed by atoms with van der Waals surface area (Å²) in [4.78, 5) is 19.3. The van der Waals surface area contributed by atoms with E-state index in [1.165, 1.54) is 0 Å². The number of amides is 1. The summed E-state index contributed by atoms with van der Waals surface area (Å²) in [6.45, 7) is 0.269. The van der Waals surface area contributed by atoms with E-state index in [2.05, 4.69) is 34.2 Å². The number of carbonyl (C=O) groups is 1. The first-order valence-corrected chi connectivity index (χ1v) is 7.96. The normalized spacial score (nSPS) is 11.2. The summed E-state index contributed by atoms with van der Waals surface area (Å²) < 4.78 is 5.30. The van der Waals surface area contributed by atoms with Crippen LogP contribution in [0.4, 0.5) is 0 Å². The molecule has 0 aliphatic carbocycles. The molecule has 4 aromatic rings. The van der Waals surface area contributed by atoms with Crippen LogP contribution in [0.15, 0.2) is 54.7 Å². The first kappa shape index (κ1) is 15.4. The Morgan fingerprint density at radius 2 is 1.92 bits per heavy atom. The van der Waals surface area contributed by atoms with Crippen molar-refractivity contribution in [3.05, 3.63) is 66.0 Å². The minimum absolute atomic E-state index is 0.250. The fourth-order valence-electron chi connectivity index (χ4n) is 3.27. The van der Waals surface area contributed by atoms with Gasteiger partial charge in [0.15, 0.2) is 0 Å². The van der Waals surface area contributed by atoms with Crippen LogP contribution in [0, 0.1) is 0 Å². The van der Waals surface area contributed by atoms with Gasteiger partial charge in [-0.2, -0.15) is 0 Å². The maximum Gasteiger partial charge on any atom is 0.267 e. The van der Waals surface area contributed by atoms with Gasteiger partial charge >= 0.3 is 0 Å². The third kappa shape index (κ3) is 2.55. The first-order valence-electron chi connectivity index (χ1n) is 7.96. The Bertz CT molecular complexity index is 1080. The van der Waals surface area contributed by atoms with Gasteiger partial charge in [0.25, 0.3) is 5.91 Å². The zero-order valence-electron chi connectivity index (χ0n) is 13.7. The highest BCUT2D eigenvalue weighted by Gasteiger charge is 2.17. The van der Waals surface area contributed by atoms with Gasteiger partial charge in [-0.1, -0.05) is 36.4 Å². The molecular formula is C20H17N3O2. The molecule has 0 unspecified atom stereocenters. The van der Waals surface area contributed by atoms with Crippen molar-refractivity contribution >= 4 is 27.7 Å². The minimum Gasteiger partial charge on any atom is -0.380 e. The van der Waals surface area contributed by atoms with Crippen LogP contribution in [0.3, 0.4) is 0 Å². The molecule has 124 valence electrons. The Balaban J connectivity index is 2.04. The lowest BCUT2D eigenvalue weighted by atomic mass is 10.0. The molecule has 0 radical (unpaired) electrons. The molecule has 5 heteroatoms. The largest absolute Gasteiger partial charge is 0.380 e. The van der Waals surface area contributed by atoms with Crippen LogP contribution >= 0.6 is 0 Å². The monoisotopic (exact) mass is 331 g/mol. The van der Waals surface area contributed by atoms with E-state index in [1.807, 2.05) is 24.3 Å². The molecular weight excluding hydrogens is 314 g/mol. The number of methoxy groups -OCH3 is 1. The smallest absolute Gasteiger partial charge is 0.267 e. The van der Waals surface area contributed by atoms with Crippen molar-refractivity contribution < 1.29 is 9.53 Å². The third-order valence-corrected chi connectivity index (χ3v) is 4.37. The van der Waals surface area contributed by atoms with Gasteiger partial charge in [-0.25, -0.2) is 4.98 Å². The van der Waals surface area contributed by atoms with Crippen LogP contribution in [0.1, 0.15) is 16.1 Å². The molecule has 0 saturated heterocycles. The quantitative estimate of drug-likeness (QED) is 0.599. The van der Waals surface area contributed by atoms with E-state index >= 15 is 0 Å². The molecule has 2 aromatic carbocycles. The van der Waals surface area contributed by atoms with Gasteiger partial charge < -0.3 is 15.5 Å². The fourth-order valence-corrected chi connectivity index (χ4v) is 3.27. The third-order valence-electron chi connectivity index (χ3n) is 4.37. The van der Waals surface area contributed by atoms with Crippen molar-refractivity contribution in [2.45, 2.75) is 6.61 Å². The number of hydrogen-bond donors (Lipinski definition) is 2. The number of aromatic nitrogens is 2. The van der Waals surface area contributed by atoms with Gasteiger partial charge in [-0.05, 0) is 23.3 Å². The maximum absolute atomic E-state index is 11.8. The highest BCUT2D eigenvalue weighted by Crippen LogP contribution is 2.33. The van der Waals surface area contributed by atoms with Crippen molar-refractivity contribution in [1.82, 2.24) is 9.97 Å². The summed E-state index contributed by atoms with van der Waals surface area (Å²) in [5, 5.41) is 1.95. The van der Waals surface area contributed by atoms with Crippen LogP contribution in [0.2, 0.25) is 0 Å². The predicted octanol–water partition coefficient (Wildman–Crippen LogP) is 3.63. The molecule has 2 heterocycles. The number of aromatic amines is 1. The number of ether oxygens (including phenoxy) is 1. The fraction of sp³-hybridized carbons (Fsp3) is 0.100. The highest BCUT2D eigenvalue weighted by atomic mass is 16.5. The number of primary amides is 1. The van der Waals surface area contributed by atoms with Crippen LogP contribution in [0.25, 0.3) is 32.9 Å². The molecule has 0 spiro atoms. The van der Waals surface area contributed by atoms with Gasteiger partial charge in [0.1, 0.15) is 5.69 Å². The Morgan fingerprint density at radius 3 is 2.64 bits per heavy atom.